The Hall–Kier alpha value is -0.0800. The topological polar surface area (TPSA) is 23.5 Å². The monoisotopic (exact) mass is 197 g/mol. The summed E-state index contributed by atoms with van der Waals surface area (Å²) in [5.41, 5.74) is 0. The van der Waals surface area contributed by atoms with Gasteiger partial charge in [-0.05, 0) is 37.5 Å². The van der Waals surface area contributed by atoms with Gasteiger partial charge in [0.1, 0.15) is 0 Å². The molecule has 14 heavy (non-hydrogen) atoms. The smallest absolute Gasteiger partial charge is 0.0555 e. The normalized spacial score (nSPS) is 45.6. The fraction of sp³-hybridized carbons (Fsp3) is 1.00. The maximum Gasteiger partial charge on any atom is 0.0555 e. The van der Waals surface area contributed by atoms with Crippen LogP contribution in [0, 0.1) is 11.8 Å². The van der Waals surface area contributed by atoms with Crippen LogP contribution in [0.15, 0.2) is 0 Å². The van der Waals surface area contributed by atoms with Gasteiger partial charge in [0, 0.05) is 19.1 Å². The van der Waals surface area contributed by atoms with Crippen molar-refractivity contribution in [3.8, 4) is 0 Å². The minimum Gasteiger partial charge on any atom is -0.393 e. The molecule has 4 atom stereocenters. The van der Waals surface area contributed by atoms with E-state index in [1.807, 2.05) is 0 Å². The lowest BCUT2D eigenvalue weighted by atomic mass is 9.92. The van der Waals surface area contributed by atoms with Gasteiger partial charge in [0.25, 0.3) is 0 Å². The number of likely N-dealkylation sites (tertiary alicyclic amines) is 1. The summed E-state index contributed by atoms with van der Waals surface area (Å²) < 4.78 is 0. The molecule has 2 heteroatoms. The molecule has 1 aliphatic carbocycles. The predicted octanol–water partition coefficient (Wildman–Crippen LogP) is 1.88. The van der Waals surface area contributed by atoms with Crippen molar-refractivity contribution in [3.63, 3.8) is 0 Å². The van der Waals surface area contributed by atoms with Crippen LogP contribution in [-0.4, -0.2) is 35.2 Å². The number of hydrogen-bond donors (Lipinski definition) is 1. The van der Waals surface area contributed by atoms with Gasteiger partial charge in [-0.3, -0.25) is 4.90 Å². The van der Waals surface area contributed by atoms with E-state index in [-0.39, 0.29) is 6.10 Å². The highest BCUT2D eigenvalue weighted by molar-refractivity contribution is 4.87. The molecule has 0 bridgehead atoms. The Morgan fingerprint density at radius 1 is 1.07 bits per heavy atom. The molecular weight excluding hydrogens is 174 g/mol. The molecule has 1 saturated carbocycles. The van der Waals surface area contributed by atoms with E-state index in [2.05, 4.69) is 18.7 Å². The zero-order chi connectivity index (χ0) is 10.1. The van der Waals surface area contributed by atoms with E-state index in [0.29, 0.717) is 6.04 Å². The predicted molar refractivity (Wildman–Crippen MR) is 58.2 cm³/mol. The second-order valence-electron chi connectivity index (χ2n) is 5.38. The first-order valence-corrected chi connectivity index (χ1v) is 6.09. The lowest BCUT2D eigenvalue weighted by Gasteiger charge is -2.33. The van der Waals surface area contributed by atoms with Crippen LogP contribution in [0.1, 0.15) is 39.5 Å². The standard InChI is InChI=1S/C12H23NO/c1-9-7-13(8-10(9)2)11-4-3-5-12(14)6-11/h9-12,14H,3-8H2,1-2H3. The summed E-state index contributed by atoms with van der Waals surface area (Å²) in [6.07, 6.45) is 4.52. The maximum absolute atomic E-state index is 9.65. The zero-order valence-electron chi connectivity index (χ0n) is 9.45. The summed E-state index contributed by atoms with van der Waals surface area (Å²) in [6.45, 7) is 7.20. The van der Waals surface area contributed by atoms with E-state index in [1.54, 1.807) is 0 Å². The molecule has 0 aromatic heterocycles. The van der Waals surface area contributed by atoms with Gasteiger partial charge < -0.3 is 5.11 Å². The number of aliphatic hydroxyl groups excluding tert-OH is 1. The summed E-state index contributed by atoms with van der Waals surface area (Å²) in [6, 6.07) is 0.672. The van der Waals surface area contributed by atoms with E-state index in [0.717, 1.165) is 24.7 Å². The fourth-order valence-electron chi connectivity index (χ4n) is 2.94. The maximum atomic E-state index is 9.65. The van der Waals surface area contributed by atoms with Crippen molar-refractivity contribution in [2.75, 3.05) is 13.1 Å². The van der Waals surface area contributed by atoms with Gasteiger partial charge in [-0.2, -0.15) is 0 Å². The Morgan fingerprint density at radius 3 is 2.29 bits per heavy atom. The number of hydrogen-bond acceptors (Lipinski definition) is 2. The summed E-state index contributed by atoms with van der Waals surface area (Å²) in [5, 5.41) is 9.65. The molecule has 82 valence electrons. The highest BCUT2D eigenvalue weighted by Crippen LogP contribution is 2.30. The molecule has 0 aromatic carbocycles. The van der Waals surface area contributed by atoms with Gasteiger partial charge >= 0.3 is 0 Å². The van der Waals surface area contributed by atoms with Crippen molar-refractivity contribution < 1.29 is 5.11 Å². The van der Waals surface area contributed by atoms with Crippen LogP contribution in [0.2, 0.25) is 0 Å². The number of aliphatic hydroxyl groups is 1. The highest BCUT2D eigenvalue weighted by Gasteiger charge is 2.33. The SMILES string of the molecule is CC1CN(C2CCCC(O)C2)CC1C. The summed E-state index contributed by atoms with van der Waals surface area (Å²) >= 11 is 0. The van der Waals surface area contributed by atoms with Crippen LogP contribution in [0.5, 0.6) is 0 Å². The third kappa shape index (κ3) is 2.12. The molecule has 1 saturated heterocycles. The lowest BCUT2D eigenvalue weighted by molar-refractivity contribution is 0.0700. The van der Waals surface area contributed by atoms with Crippen LogP contribution in [0.3, 0.4) is 0 Å². The second kappa shape index (κ2) is 4.19. The molecule has 1 aliphatic heterocycles. The lowest BCUT2D eigenvalue weighted by Crippen LogP contribution is -2.38. The summed E-state index contributed by atoms with van der Waals surface area (Å²) in [4.78, 5) is 2.61. The van der Waals surface area contributed by atoms with Crippen molar-refractivity contribution in [1.82, 2.24) is 4.90 Å². The van der Waals surface area contributed by atoms with E-state index >= 15 is 0 Å². The molecule has 0 spiro atoms. The minimum atomic E-state index is -0.0278. The van der Waals surface area contributed by atoms with Crippen molar-refractivity contribution in [2.45, 2.75) is 51.7 Å². The van der Waals surface area contributed by atoms with Gasteiger partial charge in [-0.25, -0.2) is 0 Å². The molecule has 0 radical (unpaired) electrons. The van der Waals surface area contributed by atoms with Crippen molar-refractivity contribution in [3.05, 3.63) is 0 Å². The Morgan fingerprint density at radius 2 is 1.71 bits per heavy atom. The Labute approximate surface area is 87.3 Å². The molecule has 2 nitrogen and oxygen atoms in total. The van der Waals surface area contributed by atoms with Crippen LogP contribution in [0.4, 0.5) is 0 Å². The first-order chi connectivity index (χ1) is 6.66. The number of nitrogens with zero attached hydrogens (tertiary/aromatic N) is 1. The van der Waals surface area contributed by atoms with Crippen LogP contribution in [0.25, 0.3) is 0 Å². The molecule has 0 amide bonds. The fourth-order valence-corrected chi connectivity index (χ4v) is 2.94. The third-order valence-electron chi connectivity index (χ3n) is 4.15. The van der Waals surface area contributed by atoms with Crippen LogP contribution in [-0.2, 0) is 0 Å². The molecular formula is C12H23NO. The minimum absolute atomic E-state index is 0.0278. The summed E-state index contributed by atoms with van der Waals surface area (Å²) in [7, 11) is 0. The molecule has 2 aliphatic rings. The van der Waals surface area contributed by atoms with Crippen molar-refractivity contribution in [2.24, 2.45) is 11.8 Å². The van der Waals surface area contributed by atoms with Gasteiger partial charge in [0.2, 0.25) is 0 Å². The third-order valence-corrected chi connectivity index (χ3v) is 4.15. The van der Waals surface area contributed by atoms with Gasteiger partial charge in [-0.15, -0.1) is 0 Å². The largest absolute Gasteiger partial charge is 0.393 e. The molecule has 1 heterocycles. The Kier molecular flexibility index (Phi) is 3.13. The second-order valence-corrected chi connectivity index (χ2v) is 5.38. The van der Waals surface area contributed by atoms with Crippen LogP contribution < -0.4 is 0 Å². The zero-order valence-corrected chi connectivity index (χ0v) is 9.45. The Balaban J connectivity index is 1.89. The average molecular weight is 197 g/mol. The highest BCUT2D eigenvalue weighted by atomic mass is 16.3. The van der Waals surface area contributed by atoms with Crippen molar-refractivity contribution >= 4 is 0 Å². The summed E-state index contributed by atoms with van der Waals surface area (Å²) in [5.74, 6) is 1.68. The molecule has 1 N–H and O–H groups in total. The van der Waals surface area contributed by atoms with Gasteiger partial charge in [0.15, 0.2) is 0 Å². The van der Waals surface area contributed by atoms with Crippen LogP contribution >= 0.6 is 0 Å². The Bertz CT molecular complexity index is 182. The van der Waals surface area contributed by atoms with Crippen molar-refractivity contribution in [1.29, 1.82) is 0 Å². The molecule has 2 rings (SSSR count). The van der Waals surface area contributed by atoms with Gasteiger partial charge in [0.05, 0.1) is 6.10 Å². The number of rotatable bonds is 1. The van der Waals surface area contributed by atoms with E-state index in [4.69, 9.17) is 0 Å². The van der Waals surface area contributed by atoms with Gasteiger partial charge in [-0.1, -0.05) is 13.8 Å². The first-order valence-electron chi connectivity index (χ1n) is 6.09. The van der Waals surface area contributed by atoms with E-state index in [9.17, 15) is 5.11 Å². The molecule has 0 aromatic rings. The molecule has 4 unspecified atom stereocenters. The first kappa shape index (κ1) is 10.4. The molecule has 2 fully saturated rings. The average Bonchev–Trinajstić information content (AvgIpc) is 2.47. The van der Waals surface area contributed by atoms with E-state index < -0.39 is 0 Å². The van der Waals surface area contributed by atoms with E-state index in [1.165, 1.54) is 25.9 Å². The quantitative estimate of drug-likeness (QED) is 0.694.